The maximum atomic E-state index is 12.5. The molecule has 0 bridgehead atoms. The molecule has 1 fully saturated rings. The van der Waals surface area contributed by atoms with Crippen molar-refractivity contribution in [2.24, 2.45) is 0 Å². The molecule has 1 N–H and O–H groups in total. The third-order valence-corrected chi connectivity index (χ3v) is 4.29. The Labute approximate surface area is 150 Å². The molecule has 0 aliphatic carbocycles. The van der Waals surface area contributed by atoms with E-state index in [1.54, 1.807) is 29.2 Å². The van der Waals surface area contributed by atoms with Gasteiger partial charge in [-0.2, -0.15) is 0 Å². The first-order valence-corrected chi connectivity index (χ1v) is 8.35. The number of methoxy groups -OCH3 is 1. The van der Waals surface area contributed by atoms with Crippen molar-refractivity contribution in [3.05, 3.63) is 52.8 Å². The van der Waals surface area contributed by atoms with Gasteiger partial charge in [-0.05, 0) is 37.1 Å². The number of rotatable bonds is 4. The Kier molecular flexibility index (Phi) is 5.19. The summed E-state index contributed by atoms with van der Waals surface area (Å²) >= 11 is 5.97. The van der Waals surface area contributed by atoms with E-state index in [0.717, 1.165) is 25.9 Å². The zero-order chi connectivity index (χ0) is 17.8. The molecular weight excluding hydrogens is 342 g/mol. The number of ether oxygens (including phenoxy) is 1. The molecule has 0 spiro atoms. The number of hydrogen-bond donors (Lipinski definition) is 1. The third kappa shape index (κ3) is 3.91. The van der Waals surface area contributed by atoms with Gasteiger partial charge in [-0.25, -0.2) is 0 Å². The molecule has 25 heavy (non-hydrogen) atoms. The summed E-state index contributed by atoms with van der Waals surface area (Å²) in [6, 6.07) is 6.50. The van der Waals surface area contributed by atoms with Crippen LogP contribution in [0.15, 0.2) is 36.7 Å². The fourth-order valence-corrected chi connectivity index (χ4v) is 2.93. The first kappa shape index (κ1) is 17.2. The first-order chi connectivity index (χ1) is 12.1. The Morgan fingerprint density at radius 2 is 1.88 bits per heavy atom. The molecule has 1 saturated heterocycles. The van der Waals surface area contributed by atoms with Crippen LogP contribution in [0.25, 0.3) is 0 Å². The largest absolute Gasteiger partial charge is 0.495 e. The molecule has 0 saturated carbocycles. The molecule has 2 aromatic rings. The van der Waals surface area contributed by atoms with Crippen molar-refractivity contribution >= 4 is 29.1 Å². The Hall–Kier alpha value is -2.60. The molecule has 1 aliphatic heterocycles. The number of pyridine rings is 1. The van der Waals surface area contributed by atoms with E-state index in [1.807, 2.05) is 0 Å². The summed E-state index contributed by atoms with van der Waals surface area (Å²) in [4.78, 5) is 30.8. The molecule has 130 valence electrons. The van der Waals surface area contributed by atoms with Crippen LogP contribution in [-0.4, -0.2) is 41.9 Å². The summed E-state index contributed by atoms with van der Waals surface area (Å²) in [7, 11) is 1.51. The Morgan fingerprint density at radius 3 is 2.60 bits per heavy atom. The lowest BCUT2D eigenvalue weighted by Gasteiger charge is -2.15. The number of hydrogen-bond acceptors (Lipinski definition) is 4. The van der Waals surface area contributed by atoms with Gasteiger partial charge < -0.3 is 15.0 Å². The van der Waals surface area contributed by atoms with Crippen LogP contribution in [0.4, 0.5) is 5.69 Å². The number of carbonyl (C=O) groups is 2. The maximum Gasteiger partial charge on any atom is 0.257 e. The third-order valence-electron chi connectivity index (χ3n) is 4.05. The number of benzene rings is 1. The molecule has 3 rings (SSSR count). The van der Waals surface area contributed by atoms with Gasteiger partial charge in [0.25, 0.3) is 11.8 Å². The monoisotopic (exact) mass is 359 g/mol. The summed E-state index contributed by atoms with van der Waals surface area (Å²) in [5.74, 6) is 0.0131. The van der Waals surface area contributed by atoms with Crippen LogP contribution in [0.2, 0.25) is 5.02 Å². The molecule has 1 aromatic heterocycles. The van der Waals surface area contributed by atoms with Crippen LogP contribution < -0.4 is 10.1 Å². The van der Waals surface area contributed by atoms with E-state index in [-0.39, 0.29) is 11.8 Å². The van der Waals surface area contributed by atoms with Crippen LogP contribution in [0.1, 0.15) is 33.6 Å². The molecule has 0 radical (unpaired) electrons. The number of nitrogens with zero attached hydrogens (tertiary/aromatic N) is 2. The van der Waals surface area contributed by atoms with Gasteiger partial charge in [-0.3, -0.25) is 14.6 Å². The van der Waals surface area contributed by atoms with Gasteiger partial charge in [0.1, 0.15) is 5.75 Å². The minimum Gasteiger partial charge on any atom is -0.495 e. The van der Waals surface area contributed by atoms with E-state index >= 15 is 0 Å². The Bertz CT molecular complexity index is 804. The number of halogens is 1. The van der Waals surface area contributed by atoms with Crippen LogP contribution in [0.3, 0.4) is 0 Å². The summed E-state index contributed by atoms with van der Waals surface area (Å²) in [5.41, 5.74) is 1.16. The molecule has 0 unspecified atom stereocenters. The topological polar surface area (TPSA) is 71.5 Å². The van der Waals surface area contributed by atoms with Crippen LogP contribution in [0.5, 0.6) is 5.75 Å². The minimum absolute atomic E-state index is 0.0972. The highest BCUT2D eigenvalue weighted by Crippen LogP contribution is 2.28. The van der Waals surface area contributed by atoms with Gasteiger partial charge in [-0.15, -0.1) is 0 Å². The molecule has 1 aromatic carbocycles. The van der Waals surface area contributed by atoms with Crippen molar-refractivity contribution in [2.75, 3.05) is 25.5 Å². The number of aromatic nitrogens is 1. The predicted molar refractivity (Wildman–Crippen MR) is 95.3 cm³/mol. The van der Waals surface area contributed by atoms with Gasteiger partial charge >= 0.3 is 0 Å². The predicted octanol–water partition coefficient (Wildman–Crippen LogP) is 3.23. The van der Waals surface area contributed by atoms with Crippen molar-refractivity contribution in [3.63, 3.8) is 0 Å². The second kappa shape index (κ2) is 7.53. The molecular formula is C18H18ClN3O3. The van der Waals surface area contributed by atoms with E-state index in [1.165, 1.54) is 19.5 Å². The molecule has 1 aliphatic rings. The molecule has 6 nitrogen and oxygen atoms in total. The average molecular weight is 360 g/mol. The van der Waals surface area contributed by atoms with E-state index in [9.17, 15) is 9.59 Å². The summed E-state index contributed by atoms with van der Waals surface area (Å²) in [6.45, 7) is 1.49. The normalized spacial score (nSPS) is 13.6. The van der Waals surface area contributed by atoms with Gasteiger partial charge in [0.2, 0.25) is 0 Å². The van der Waals surface area contributed by atoms with Crippen molar-refractivity contribution in [1.29, 1.82) is 0 Å². The van der Waals surface area contributed by atoms with E-state index in [4.69, 9.17) is 16.3 Å². The van der Waals surface area contributed by atoms with E-state index < -0.39 is 0 Å². The fraction of sp³-hybridized carbons (Fsp3) is 0.278. The standard InChI is InChI=1S/C18H18ClN3O3/c1-25-16-5-4-14(19)9-15(16)21-17(23)12-8-13(11-20-10-12)18(24)22-6-2-3-7-22/h4-5,8-11H,2-3,6-7H2,1H3,(H,21,23). The van der Waals surface area contributed by atoms with E-state index in [2.05, 4.69) is 10.3 Å². The molecule has 0 atom stereocenters. The molecule has 7 heteroatoms. The first-order valence-electron chi connectivity index (χ1n) is 7.97. The van der Waals surface area contributed by atoms with Crippen molar-refractivity contribution in [3.8, 4) is 5.75 Å². The summed E-state index contributed by atoms with van der Waals surface area (Å²) in [6.07, 6.45) is 4.92. The fourth-order valence-electron chi connectivity index (χ4n) is 2.76. The van der Waals surface area contributed by atoms with Gasteiger partial charge in [0, 0.05) is 30.5 Å². The maximum absolute atomic E-state index is 12.5. The highest BCUT2D eigenvalue weighted by atomic mass is 35.5. The zero-order valence-electron chi connectivity index (χ0n) is 13.8. The number of amides is 2. The number of likely N-dealkylation sites (tertiary alicyclic amines) is 1. The highest BCUT2D eigenvalue weighted by molar-refractivity contribution is 6.31. The minimum atomic E-state index is -0.385. The lowest BCUT2D eigenvalue weighted by Crippen LogP contribution is -2.28. The second-order valence-corrected chi connectivity index (χ2v) is 6.20. The lowest BCUT2D eigenvalue weighted by molar-refractivity contribution is 0.0792. The number of nitrogens with one attached hydrogen (secondary N) is 1. The average Bonchev–Trinajstić information content (AvgIpc) is 3.16. The Morgan fingerprint density at radius 1 is 1.16 bits per heavy atom. The van der Waals surface area contributed by atoms with E-state index in [0.29, 0.717) is 27.6 Å². The number of anilines is 1. The van der Waals surface area contributed by atoms with Crippen LogP contribution in [0, 0.1) is 0 Å². The highest BCUT2D eigenvalue weighted by Gasteiger charge is 2.21. The van der Waals surface area contributed by atoms with Gasteiger partial charge in [0.15, 0.2) is 0 Å². The number of carbonyl (C=O) groups excluding carboxylic acids is 2. The molecule has 2 amide bonds. The van der Waals surface area contributed by atoms with Crippen molar-refractivity contribution in [1.82, 2.24) is 9.88 Å². The van der Waals surface area contributed by atoms with Crippen molar-refractivity contribution in [2.45, 2.75) is 12.8 Å². The quantitative estimate of drug-likeness (QED) is 0.909. The smallest absolute Gasteiger partial charge is 0.257 e. The zero-order valence-corrected chi connectivity index (χ0v) is 14.5. The second-order valence-electron chi connectivity index (χ2n) is 5.76. The lowest BCUT2D eigenvalue weighted by atomic mass is 10.1. The molecule has 2 heterocycles. The van der Waals surface area contributed by atoms with Gasteiger partial charge in [0.05, 0.1) is 23.9 Å². The van der Waals surface area contributed by atoms with Crippen LogP contribution in [-0.2, 0) is 0 Å². The SMILES string of the molecule is COc1ccc(Cl)cc1NC(=O)c1cncc(C(=O)N2CCCC2)c1. The summed E-state index contributed by atoms with van der Waals surface area (Å²) < 4.78 is 5.22. The van der Waals surface area contributed by atoms with Crippen LogP contribution >= 0.6 is 11.6 Å². The van der Waals surface area contributed by atoms with Crippen molar-refractivity contribution < 1.29 is 14.3 Å². The summed E-state index contributed by atoms with van der Waals surface area (Å²) in [5, 5.41) is 3.22. The van der Waals surface area contributed by atoms with Gasteiger partial charge in [-0.1, -0.05) is 11.6 Å². The Balaban J connectivity index is 1.80.